The summed E-state index contributed by atoms with van der Waals surface area (Å²) in [4.78, 5) is 0. The summed E-state index contributed by atoms with van der Waals surface area (Å²) in [7, 11) is 0. The zero-order chi connectivity index (χ0) is 13.8. The number of thioether (sulfide) groups is 2. The molecule has 3 rings (SSSR count). The molecule has 0 saturated carbocycles. The third-order valence-corrected chi connectivity index (χ3v) is 6.16. The van der Waals surface area contributed by atoms with Gasteiger partial charge < -0.3 is 9.84 Å². The standard InChI is InChI=1S/C12H20N4O2S2/c17-5-4-16-11(13-14-15-16)20-10-1-6-18-12(9-10)2-7-19-8-3-12/h10,17H,1-9H2. The van der Waals surface area contributed by atoms with Crippen LogP contribution in [0.3, 0.4) is 0 Å². The highest BCUT2D eigenvalue weighted by atomic mass is 32.2. The molecule has 20 heavy (non-hydrogen) atoms. The van der Waals surface area contributed by atoms with Gasteiger partial charge in [-0.2, -0.15) is 11.8 Å². The van der Waals surface area contributed by atoms with E-state index in [9.17, 15) is 0 Å². The van der Waals surface area contributed by atoms with E-state index in [0.717, 1.165) is 37.4 Å². The average molecular weight is 316 g/mol. The fourth-order valence-corrected chi connectivity index (χ4v) is 5.31. The fraction of sp³-hybridized carbons (Fsp3) is 0.917. The van der Waals surface area contributed by atoms with Crippen molar-refractivity contribution in [1.29, 1.82) is 0 Å². The van der Waals surface area contributed by atoms with Gasteiger partial charge in [-0.05, 0) is 47.6 Å². The Morgan fingerprint density at radius 2 is 2.30 bits per heavy atom. The first-order chi connectivity index (χ1) is 9.81. The fourth-order valence-electron chi connectivity index (χ4n) is 2.84. The van der Waals surface area contributed by atoms with E-state index in [1.807, 2.05) is 11.8 Å². The van der Waals surface area contributed by atoms with Gasteiger partial charge in [-0.3, -0.25) is 0 Å². The molecule has 1 N–H and O–H groups in total. The first kappa shape index (κ1) is 14.6. The minimum Gasteiger partial charge on any atom is -0.394 e. The summed E-state index contributed by atoms with van der Waals surface area (Å²) in [5.74, 6) is 2.42. The number of hydrogen-bond donors (Lipinski definition) is 1. The van der Waals surface area contributed by atoms with Crippen LogP contribution in [-0.4, -0.2) is 60.9 Å². The van der Waals surface area contributed by atoms with Crippen LogP contribution in [0.15, 0.2) is 5.16 Å². The van der Waals surface area contributed by atoms with E-state index in [-0.39, 0.29) is 12.2 Å². The summed E-state index contributed by atoms with van der Waals surface area (Å²) in [6, 6.07) is 0. The minimum absolute atomic E-state index is 0.0630. The van der Waals surface area contributed by atoms with Crippen molar-refractivity contribution in [2.75, 3.05) is 24.7 Å². The van der Waals surface area contributed by atoms with Crippen LogP contribution in [0, 0.1) is 0 Å². The van der Waals surface area contributed by atoms with Crippen molar-refractivity contribution in [2.45, 2.75) is 48.2 Å². The van der Waals surface area contributed by atoms with Crippen molar-refractivity contribution >= 4 is 23.5 Å². The van der Waals surface area contributed by atoms with E-state index >= 15 is 0 Å². The van der Waals surface area contributed by atoms with Gasteiger partial charge in [0.2, 0.25) is 5.16 Å². The van der Waals surface area contributed by atoms with E-state index in [1.54, 1.807) is 16.4 Å². The summed E-state index contributed by atoms with van der Waals surface area (Å²) in [6.45, 7) is 1.36. The predicted molar refractivity (Wildman–Crippen MR) is 79.0 cm³/mol. The molecule has 6 nitrogen and oxygen atoms in total. The third kappa shape index (κ3) is 3.29. The second kappa shape index (κ2) is 6.64. The normalized spacial score (nSPS) is 25.9. The summed E-state index contributed by atoms with van der Waals surface area (Å²) in [6.07, 6.45) is 4.46. The maximum Gasteiger partial charge on any atom is 0.209 e. The van der Waals surface area contributed by atoms with Crippen molar-refractivity contribution < 1.29 is 9.84 Å². The maximum absolute atomic E-state index is 9.02. The highest BCUT2D eigenvalue weighted by Crippen LogP contribution is 2.42. The molecular weight excluding hydrogens is 296 g/mol. The van der Waals surface area contributed by atoms with Gasteiger partial charge in [0.05, 0.1) is 18.8 Å². The van der Waals surface area contributed by atoms with E-state index < -0.39 is 0 Å². The van der Waals surface area contributed by atoms with Crippen LogP contribution in [0.5, 0.6) is 0 Å². The predicted octanol–water partition coefficient (Wildman–Crippen LogP) is 1.20. The molecule has 1 spiro atoms. The topological polar surface area (TPSA) is 73.1 Å². The van der Waals surface area contributed by atoms with Gasteiger partial charge in [0.1, 0.15) is 0 Å². The number of tetrazole rings is 1. The number of rotatable bonds is 4. The van der Waals surface area contributed by atoms with Crippen LogP contribution in [0.25, 0.3) is 0 Å². The lowest BCUT2D eigenvalue weighted by Crippen LogP contribution is -2.43. The molecule has 2 saturated heterocycles. The van der Waals surface area contributed by atoms with Crippen LogP contribution in [0.2, 0.25) is 0 Å². The first-order valence-electron chi connectivity index (χ1n) is 7.07. The molecule has 0 aliphatic carbocycles. The largest absolute Gasteiger partial charge is 0.394 e. The van der Waals surface area contributed by atoms with Crippen molar-refractivity contribution in [3.05, 3.63) is 0 Å². The van der Waals surface area contributed by atoms with Gasteiger partial charge in [-0.15, -0.1) is 5.10 Å². The van der Waals surface area contributed by atoms with Gasteiger partial charge in [0.15, 0.2) is 0 Å². The lowest BCUT2D eigenvalue weighted by atomic mass is 9.88. The number of nitrogens with zero attached hydrogens (tertiary/aromatic N) is 4. The molecule has 1 aromatic rings. The molecule has 2 fully saturated rings. The van der Waals surface area contributed by atoms with Crippen LogP contribution in [0.4, 0.5) is 0 Å². The Morgan fingerprint density at radius 3 is 3.10 bits per heavy atom. The number of hydrogen-bond acceptors (Lipinski definition) is 7. The van der Waals surface area contributed by atoms with Crippen LogP contribution in [0.1, 0.15) is 25.7 Å². The molecular formula is C12H20N4O2S2. The zero-order valence-corrected chi connectivity index (χ0v) is 13.0. The number of aromatic nitrogens is 4. The van der Waals surface area contributed by atoms with Gasteiger partial charge in [-0.25, -0.2) is 4.68 Å². The molecule has 2 aliphatic rings. The van der Waals surface area contributed by atoms with Gasteiger partial charge in [0.25, 0.3) is 0 Å². The van der Waals surface area contributed by atoms with Crippen molar-refractivity contribution in [1.82, 2.24) is 20.2 Å². The second-order valence-electron chi connectivity index (χ2n) is 5.28. The third-order valence-electron chi connectivity index (χ3n) is 3.93. The molecule has 0 bridgehead atoms. The Hall–Kier alpha value is -0.310. The van der Waals surface area contributed by atoms with Gasteiger partial charge in [-0.1, -0.05) is 11.8 Å². The van der Waals surface area contributed by atoms with E-state index in [0.29, 0.717) is 11.8 Å². The minimum atomic E-state index is 0.0630. The van der Waals surface area contributed by atoms with E-state index in [1.165, 1.54) is 11.5 Å². The summed E-state index contributed by atoms with van der Waals surface area (Å²) >= 11 is 3.76. The number of aliphatic hydroxyl groups excluding tert-OH is 1. The molecule has 0 amide bonds. The summed E-state index contributed by atoms with van der Waals surface area (Å²) in [5, 5.41) is 22.0. The Morgan fingerprint density at radius 1 is 1.45 bits per heavy atom. The van der Waals surface area contributed by atoms with Crippen LogP contribution < -0.4 is 0 Å². The van der Waals surface area contributed by atoms with E-state index in [2.05, 4.69) is 15.5 Å². The van der Waals surface area contributed by atoms with Crippen LogP contribution >= 0.6 is 23.5 Å². The molecule has 2 aliphatic heterocycles. The highest BCUT2D eigenvalue weighted by molar-refractivity contribution is 7.99. The zero-order valence-electron chi connectivity index (χ0n) is 11.4. The lowest BCUT2D eigenvalue weighted by molar-refractivity contribution is -0.0805. The van der Waals surface area contributed by atoms with Gasteiger partial charge in [0, 0.05) is 11.9 Å². The Kier molecular flexibility index (Phi) is 4.85. The van der Waals surface area contributed by atoms with Crippen molar-refractivity contribution in [3.8, 4) is 0 Å². The van der Waals surface area contributed by atoms with Crippen molar-refractivity contribution in [3.63, 3.8) is 0 Å². The monoisotopic (exact) mass is 316 g/mol. The van der Waals surface area contributed by atoms with Gasteiger partial charge >= 0.3 is 0 Å². The smallest absolute Gasteiger partial charge is 0.209 e. The first-order valence-corrected chi connectivity index (χ1v) is 9.10. The molecule has 1 aromatic heterocycles. The van der Waals surface area contributed by atoms with E-state index in [4.69, 9.17) is 9.84 Å². The SMILES string of the molecule is OCCn1nnnc1SC1CCOC2(CCSCC2)C1. The summed E-state index contributed by atoms with van der Waals surface area (Å²) in [5.41, 5.74) is 0.0937. The summed E-state index contributed by atoms with van der Waals surface area (Å²) < 4.78 is 7.79. The lowest BCUT2D eigenvalue weighted by Gasteiger charge is -2.42. The molecule has 8 heteroatoms. The highest BCUT2D eigenvalue weighted by Gasteiger charge is 2.39. The molecule has 112 valence electrons. The number of aliphatic hydroxyl groups is 1. The second-order valence-corrected chi connectivity index (χ2v) is 7.78. The molecule has 0 aromatic carbocycles. The Labute approximate surface area is 127 Å². The van der Waals surface area contributed by atoms with Crippen molar-refractivity contribution in [2.24, 2.45) is 0 Å². The quantitative estimate of drug-likeness (QED) is 0.895. The number of ether oxygens (including phenoxy) is 1. The van der Waals surface area contributed by atoms with Crippen LogP contribution in [-0.2, 0) is 11.3 Å². The average Bonchev–Trinajstić information content (AvgIpc) is 2.88. The maximum atomic E-state index is 9.02. The molecule has 1 atom stereocenters. The molecule has 0 radical (unpaired) electrons. The molecule has 1 unspecified atom stereocenters. The molecule has 3 heterocycles. The Bertz CT molecular complexity index is 431. The Balaban J connectivity index is 1.63.